The second kappa shape index (κ2) is 8.48. The van der Waals surface area contributed by atoms with Gasteiger partial charge in [0.05, 0.1) is 16.8 Å². The summed E-state index contributed by atoms with van der Waals surface area (Å²) in [5, 5.41) is 0.816. The molecule has 164 valence electrons. The van der Waals surface area contributed by atoms with Crippen molar-refractivity contribution in [2.75, 3.05) is 26.2 Å². The maximum Gasteiger partial charge on any atom is 0.264 e. The van der Waals surface area contributed by atoms with Gasteiger partial charge < -0.3 is 9.88 Å². The number of rotatable bonds is 4. The molecule has 0 bridgehead atoms. The highest BCUT2D eigenvalue weighted by molar-refractivity contribution is 7.18. The van der Waals surface area contributed by atoms with E-state index in [1.165, 1.54) is 27.3 Å². The molecule has 31 heavy (non-hydrogen) atoms. The van der Waals surface area contributed by atoms with E-state index in [2.05, 4.69) is 23.7 Å². The molecule has 2 aliphatic rings. The summed E-state index contributed by atoms with van der Waals surface area (Å²) < 4.78 is 0. The molecule has 6 nitrogen and oxygen atoms in total. The average molecular weight is 457 g/mol. The molecule has 1 amide bonds. The lowest BCUT2D eigenvalue weighted by Crippen LogP contribution is -2.48. The Morgan fingerprint density at radius 2 is 1.94 bits per heavy atom. The second-order valence-electron chi connectivity index (χ2n) is 8.54. The standard InChI is InChI=1S/C23H28N4O2S2/c1-3-16-14(2)12-18(30-16)23(29)27-10-8-26(9-11-27)13-19-24-21(28)20-15-6-4-5-7-17(15)31-22(20)25-19/h12H,3-11,13H2,1-2H3,(H,24,25,28). The minimum atomic E-state index is 0.00741. The van der Waals surface area contributed by atoms with Gasteiger partial charge in [-0.05, 0) is 56.2 Å². The molecule has 3 aromatic rings. The van der Waals surface area contributed by atoms with Crippen LogP contribution in [0.15, 0.2) is 10.9 Å². The summed E-state index contributed by atoms with van der Waals surface area (Å²) in [6, 6.07) is 2.03. The number of nitrogens with one attached hydrogen (secondary N) is 1. The quantitative estimate of drug-likeness (QED) is 0.649. The summed E-state index contributed by atoms with van der Waals surface area (Å²) in [4.78, 5) is 42.1. The summed E-state index contributed by atoms with van der Waals surface area (Å²) >= 11 is 3.32. The van der Waals surface area contributed by atoms with Crippen LogP contribution in [0.1, 0.15) is 56.1 Å². The highest BCUT2D eigenvalue weighted by Crippen LogP contribution is 2.33. The number of piperazine rings is 1. The number of aromatic nitrogens is 2. The molecule has 1 saturated heterocycles. The van der Waals surface area contributed by atoms with Crippen molar-refractivity contribution in [3.8, 4) is 0 Å². The molecular weight excluding hydrogens is 428 g/mol. The van der Waals surface area contributed by atoms with Gasteiger partial charge in [-0.15, -0.1) is 22.7 Å². The lowest BCUT2D eigenvalue weighted by Gasteiger charge is -2.34. The second-order valence-corrected chi connectivity index (χ2v) is 10.8. The maximum absolute atomic E-state index is 12.9. The van der Waals surface area contributed by atoms with Gasteiger partial charge in [0.1, 0.15) is 10.7 Å². The highest BCUT2D eigenvalue weighted by Gasteiger charge is 2.25. The number of amides is 1. The third kappa shape index (κ3) is 3.97. The Kier molecular flexibility index (Phi) is 5.71. The van der Waals surface area contributed by atoms with Crippen LogP contribution in [0.25, 0.3) is 10.2 Å². The Hall–Kier alpha value is -2.03. The number of carbonyl (C=O) groups excluding carboxylic acids is 1. The van der Waals surface area contributed by atoms with Crippen LogP contribution in [0.2, 0.25) is 0 Å². The van der Waals surface area contributed by atoms with E-state index in [9.17, 15) is 9.59 Å². The van der Waals surface area contributed by atoms with Crippen LogP contribution in [-0.2, 0) is 25.8 Å². The molecule has 1 aliphatic carbocycles. The number of fused-ring (bicyclic) bond motifs is 3. The van der Waals surface area contributed by atoms with E-state index in [-0.39, 0.29) is 11.5 Å². The van der Waals surface area contributed by atoms with Crippen LogP contribution >= 0.6 is 22.7 Å². The number of carbonyl (C=O) groups is 1. The molecule has 0 atom stereocenters. The third-order valence-electron chi connectivity index (χ3n) is 6.46. The Morgan fingerprint density at radius 3 is 2.68 bits per heavy atom. The van der Waals surface area contributed by atoms with Gasteiger partial charge in [-0.2, -0.15) is 0 Å². The fourth-order valence-corrected chi connectivity index (χ4v) is 7.10. The molecule has 8 heteroatoms. The third-order valence-corrected chi connectivity index (χ3v) is 9.01. The van der Waals surface area contributed by atoms with Crippen LogP contribution in [0, 0.1) is 6.92 Å². The molecule has 1 aliphatic heterocycles. The molecule has 3 aromatic heterocycles. The topological polar surface area (TPSA) is 69.3 Å². The zero-order valence-electron chi connectivity index (χ0n) is 18.1. The molecule has 0 spiro atoms. The van der Waals surface area contributed by atoms with Crippen molar-refractivity contribution in [2.45, 2.75) is 52.5 Å². The minimum Gasteiger partial charge on any atom is -0.335 e. The normalized spacial score (nSPS) is 17.3. The van der Waals surface area contributed by atoms with E-state index < -0.39 is 0 Å². The van der Waals surface area contributed by atoms with Gasteiger partial charge in [-0.1, -0.05) is 6.92 Å². The van der Waals surface area contributed by atoms with E-state index in [1.807, 2.05) is 11.0 Å². The van der Waals surface area contributed by atoms with Gasteiger partial charge in [0.15, 0.2) is 0 Å². The minimum absolute atomic E-state index is 0.00741. The number of aryl methyl sites for hydroxylation is 4. The molecule has 0 aromatic carbocycles. The predicted molar refractivity (Wildman–Crippen MR) is 126 cm³/mol. The van der Waals surface area contributed by atoms with Gasteiger partial charge >= 0.3 is 0 Å². The van der Waals surface area contributed by atoms with Gasteiger partial charge in [-0.3, -0.25) is 14.5 Å². The van der Waals surface area contributed by atoms with E-state index in [0.29, 0.717) is 19.6 Å². The van der Waals surface area contributed by atoms with E-state index in [1.54, 1.807) is 22.7 Å². The van der Waals surface area contributed by atoms with Crippen molar-refractivity contribution >= 4 is 38.8 Å². The fourth-order valence-electron chi connectivity index (χ4n) is 4.74. The van der Waals surface area contributed by atoms with Crippen molar-refractivity contribution in [3.63, 3.8) is 0 Å². The summed E-state index contributed by atoms with van der Waals surface area (Å²) in [5.41, 5.74) is 2.46. The van der Waals surface area contributed by atoms with Crippen LogP contribution in [-0.4, -0.2) is 51.9 Å². The Labute approximate surface area is 189 Å². The number of hydrogen-bond donors (Lipinski definition) is 1. The average Bonchev–Trinajstić information content (AvgIpc) is 3.33. The SMILES string of the molecule is CCc1sc(C(=O)N2CCN(Cc3nc4sc5c(c4c(=O)[nH]3)CCCC5)CC2)cc1C. The number of nitrogens with zero attached hydrogens (tertiary/aromatic N) is 3. The lowest BCUT2D eigenvalue weighted by molar-refractivity contribution is 0.0630. The molecule has 1 N–H and O–H groups in total. The monoisotopic (exact) mass is 456 g/mol. The predicted octanol–water partition coefficient (Wildman–Crippen LogP) is 3.75. The summed E-state index contributed by atoms with van der Waals surface area (Å²) in [5.74, 6) is 0.877. The van der Waals surface area contributed by atoms with Gasteiger partial charge in [0, 0.05) is 35.9 Å². The summed E-state index contributed by atoms with van der Waals surface area (Å²) in [7, 11) is 0. The van der Waals surface area contributed by atoms with Crippen LogP contribution in [0.5, 0.6) is 0 Å². The Morgan fingerprint density at radius 1 is 1.16 bits per heavy atom. The first-order valence-electron chi connectivity index (χ1n) is 11.2. The number of hydrogen-bond acceptors (Lipinski definition) is 6. The van der Waals surface area contributed by atoms with Crippen molar-refractivity contribution in [1.82, 2.24) is 19.8 Å². The first kappa shape index (κ1) is 20.8. The van der Waals surface area contributed by atoms with Crippen LogP contribution in [0.4, 0.5) is 0 Å². The molecule has 0 radical (unpaired) electrons. The van der Waals surface area contributed by atoms with Crippen molar-refractivity contribution in [2.24, 2.45) is 0 Å². The summed E-state index contributed by atoms with van der Waals surface area (Å²) in [6.07, 6.45) is 5.41. The van der Waals surface area contributed by atoms with Crippen LogP contribution < -0.4 is 5.56 Å². The van der Waals surface area contributed by atoms with Gasteiger partial charge in [-0.25, -0.2) is 4.98 Å². The molecule has 1 fully saturated rings. The van der Waals surface area contributed by atoms with E-state index in [0.717, 1.165) is 59.7 Å². The molecule has 0 saturated carbocycles. The van der Waals surface area contributed by atoms with Gasteiger partial charge in [0.25, 0.3) is 11.5 Å². The van der Waals surface area contributed by atoms with Crippen LogP contribution in [0.3, 0.4) is 0 Å². The Bertz CT molecular complexity index is 1180. The van der Waals surface area contributed by atoms with Crippen molar-refractivity contribution in [3.05, 3.63) is 48.0 Å². The highest BCUT2D eigenvalue weighted by atomic mass is 32.1. The summed E-state index contributed by atoms with van der Waals surface area (Å²) in [6.45, 7) is 7.83. The molecule has 0 unspecified atom stereocenters. The van der Waals surface area contributed by atoms with Crippen molar-refractivity contribution in [1.29, 1.82) is 0 Å². The van der Waals surface area contributed by atoms with Gasteiger partial charge in [0.2, 0.25) is 0 Å². The number of aromatic amines is 1. The lowest BCUT2D eigenvalue weighted by atomic mass is 9.97. The number of H-pyrrole nitrogens is 1. The zero-order chi connectivity index (χ0) is 21.5. The molecule has 5 rings (SSSR count). The van der Waals surface area contributed by atoms with E-state index >= 15 is 0 Å². The smallest absolute Gasteiger partial charge is 0.264 e. The van der Waals surface area contributed by atoms with Crippen molar-refractivity contribution < 1.29 is 4.79 Å². The van der Waals surface area contributed by atoms with E-state index in [4.69, 9.17) is 4.98 Å². The molecular formula is C23H28N4O2S2. The molecule has 4 heterocycles. The first-order valence-corrected chi connectivity index (χ1v) is 12.8. The first-order chi connectivity index (χ1) is 15.0. The largest absolute Gasteiger partial charge is 0.335 e. The maximum atomic E-state index is 12.9. The number of thiophene rings is 2. The zero-order valence-corrected chi connectivity index (χ0v) is 19.8. The fraction of sp³-hybridized carbons (Fsp3) is 0.522. The Balaban J connectivity index is 1.26.